The SMILES string of the molecule is COC1=C(/C=C2\N(CCC(C)C)c3cccc([N+](=O)[O-])c3C2(C)C)C(=O)/C1=C/C1=[N+](CCC(C)C)c2ccc(C)cc2C1(C)C. The van der Waals surface area contributed by atoms with Crippen LogP contribution in [0.1, 0.15) is 84.9 Å². The van der Waals surface area contributed by atoms with Crippen LogP contribution < -0.4 is 4.90 Å². The molecule has 0 aromatic heterocycles. The Balaban J connectivity index is 1.64. The fraction of sp³-hybridized carbons (Fsp3) is 0.474. The largest absolute Gasteiger partial charge is 0.495 e. The van der Waals surface area contributed by atoms with Crippen molar-refractivity contribution in [1.82, 2.24) is 0 Å². The lowest BCUT2D eigenvalue weighted by atomic mass is 9.77. The van der Waals surface area contributed by atoms with Crippen molar-refractivity contribution in [1.29, 1.82) is 0 Å². The summed E-state index contributed by atoms with van der Waals surface area (Å²) < 4.78 is 8.31. The quantitative estimate of drug-likeness (QED) is 0.117. The predicted octanol–water partition coefficient (Wildman–Crippen LogP) is 8.46. The van der Waals surface area contributed by atoms with Crippen molar-refractivity contribution in [2.75, 3.05) is 25.1 Å². The molecule has 45 heavy (non-hydrogen) atoms. The number of nitro groups is 1. The van der Waals surface area contributed by atoms with E-state index >= 15 is 0 Å². The van der Waals surface area contributed by atoms with Gasteiger partial charge in [0.1, 0.15) is 12.3 Å². The second-order valence-corrected chi connectivity index (χ2v) is 14.6. The number of nitro benzene ring substituents is 1. The Labute approximate surface area is 268 Å². The molecule has 0 radical (unpaired) electrons. The summed E-state index contributed by atoms with van der Waals surface area (Å²) in [4.78, 5) is 28.0. The molecule has 2 aromatic rings. The Morgan fingerprint density at radius 1 is 1.00 bits per heavy atom. The van der Waals surface area contributed by atoms with Crippen LogP contribution in [0, 0.1) is 28.9 Å². The number of hydrogen-bond acceptors (Lipinski definition) is 5. The molecule has 2 aliphatic heterocycles. The molecule has 0 unspecified atom stereocenters. The number of allylic oxidation sites excluding steroid dienone is 5. The Kier molecular flexibility index (Phi) is 8.45. The second-order valence-electron chi connectivity index (χ2n) is 14.6. The number of aryl methyl sites for hydroxylation is 1. The topological polar surface area (TPSA) is 75.7 Å². The number of ketones is 1. The molecule has 0 amide bonds. The molecular formula is C38H48N3O4+. The fourth-order valence-corrected chi connectivity index (χ4v) is 7.09. The number of benzene rings is 2. The van der Waals surface area contributed by atoms with Crippen LogP contribution in [0.25, 0.3) is 0 Å². The van der Waals surface area contributed by atoms with E-state index in [1.54, 1.807) is 19.2 Å². The average molecular weight is 611 g/mol. The molecule has 1 aliphatic carbocycles. The van der Waals surface area contributed by atoms with Gasteiger partial charge < -0.3 is 9.64 Å². The lowest BCUT2D eigenvalue weighted by Crippen LogP contribution is -2.33. The van der Waals surface area contributed by atoms with Crippen LogP contribution in [0.15, 0.2) is 71.2 Å². The second kappa shape index (κ2) is 11.7. The van der Waals surface area contributed by atoms with E-state index in [-0.39, 0.29) is 21.8 Å². The molecule has 238 valence electrons. The predicted molar refractivity (Wildman–Crippen MR) is 182 cm³/mol. The van der Waals surface area contributed by atoms with Gasteiger partial charge in [-0.2, -0.15) is 4.58 Å². The van der Waals surface area contributed by atoms with E-state index < -0.39 is 5.41 Å². The summed E-state index contributed by atoms with van der Waals surface area (Å²) in [5.74, 6) is 1.49. The molecule has 0 fully saturated rings. The highest BCUT2D eigenvalue weighted by atomic mass is 16.6. The highest BCUT2D eigenvalue weighted by molar-refractivity contribution is 6.24. The molecule has 5 rings (SSSR count). The van der Waals surface area contributed by atoms with Gasteiger partial charge in [-0.25, -0.2) is 0 Å². The van der Waals surface area contributed by atoms with Crippen molar-refractivity contribution in [2.24, 2.45) is 11.8 Å². The van der Waals surface area contributed by atoms with E-state index in [4.69, 9.17) is 4.74 Å². The van der Waals surface area contributed by atoms with Crippen molar-refractivity contribution in [3.8, 4) is 0 Å². The van der Waals surface area contributed by atoms with Crippen LogP contribution in [0.2, 0.25) is 0 Å². The van der Waals surface area contributed by atoms with Gasteiger partial charge in [0.2, 0.25) is 11.5 Å². The minimum Gasteiger partial charge on any atom is -0.495 e. The Morgan fingerprint density at radius 2 is 1.69 bits per heavy atom. The summed E-state index contributed by atoms with van der Waals surface area (Å²) >= 11 is 0. The molecule has 3 aliphatic rings. The zero-order valence-electron chi connectivity index (χ0n) is 28.6. The summed E-state index contributed by atoms with van der Waals surface area (Å²) in [6.07, 6.45) is 5.89. The molecule has 0 atom stereocenters. The maximum Gasteiger partial charge on any atom is 0.275 e. The number of methoxy groups -OCH3 is 1. The fourth-order valence-electron chi connectivity index (χ4n) is 7.09. The number of rotatable bonds is 10. The van der Waals surface area contributed by atoms with Crippen LogP contribution in [0.4, 0.5) is 17.1 Å². The molecule has 0 saturated carbocycles. The third-order valence-corrected chi connectivity index (χ3v) is 9.72. The number of hydrogen-bond donors (Lipinski definition) is 0. The molecule has 0 bridgehead atoms. The molecule has 7 nitrogen and oxygen atoms in total. The molecule has 2 aromatic carbocycles. The number of anilines is 1. The van der Waals surface area contributed by atoms with Gasteiger partial charge in [0.05, 0.1) is 39.8 Å². The Bertz CT molecular complexity index is 1700. The summed E-state index contributed by atoms with van der Waals surface area (Å²) in [6.45, 7) is 21.0. The maximum absolute atomic E-state index is 14.0. The molecule has 0 N–H and O–H groups in total. The molecule has 2 heterocycles. The van der Waals surface area contributed by atoms with E-state index in [1.165, 1.54) is 16.8 Å². The van der Waals surface area contributed by atoms with Crippen LogP contribution in [-0.2, 0) is 20.4 Å². The molecular weight excluding hydrogens is 562 g/mol. The van der Waals surface area contributed by atoms with E-state index in [2.05, 4.69) is 76.1 Å². The van der Waals surface area contributed by atoms with Crippen molar-refractivity contribution in [3.05, 3.63) is 98.0 Å². The normalized spacial score (nSPS) is 20.1. The van der Waals surface area contributed by atoms with E-state index in [0.29, 0.717) is 40.8 Å². The standard InChI is InChI=1S/C38H48N3O4/c1-23(2)16-18-39-29-15-14-25(5)20-28(29)37(6,7)32(39)21-26-35(42)27(36(26)45-10)22-33-38(8,9)34-30(40(33)19-17-24(3)4)12-11-13-31(34)41(43)44/h11-15,20-24H,16-19H2,1-10H3/q+1. The van der Waals surface area contributed by atoms with Crippen molar-refractivity contribution in [2.45, 2.75) is 86.0 Å². The van der Waals surface area contributed by atoms with E-state index in [1.807, 2.05) is 32.1 Å². The first kappa shape index (κ1) is 32.4. The van der Waals surface area contributed by atoms with E-state index in [9.17, 15) is 14.9 Å². The first-order valence-electron chi connectivity index (χ1n) is 16.2. The minimum absolute atomic E-state index is 0.0661. The van der Waals surface area contributed by atoms with Gasteiger partial charge in [-0.05, 0) is 71.1 Å². The smallest absolute Gasteiger partial charge is 0.275 e. The Hall–Kier alpha value is -4.00. The van der Waals surface area contributed by atoms with Crippen molar-refractivity contribution >= 4 is 28.6 Å². The Morgan fingerprint density at radius 3 is 2.31 bits per heavy atom. The highest BCUT2D eigenvalue weighted by Crippen LogP contribution is 2.53. The summed E-state index contributed by atoms with van der Waals surface area (Å²) in [5, 5.41) is 12.1. The van der Waals surface area contributed by atoms with Crippen LogP contribution >= 0.6 is 0 Å². The first-order chi connectivity index (χ1) is 21.1. The monoisotopic (exact) mass is 610 g/mol. The summed E-state index contributed by atoms with van der Waals surface area (Å²) in [7, 11) is 1.61. The summed E-state index contributed by atoms with van der Waals surface area (Å²) in [5.41, 5.74) is 7.37. The third-order valence-electron chi connectivity index (χ3n) is 9.72. The van der Waals surface area contributed by atoms with Crippen molar-refractivity contribution in [3.63, 3.8) is 0 Å². The number of carbonyl (C=O) groups is 1. The van der Waals surface area contributed by atoms with Crippen LogP contribution in [-0.4, -0.2) is 41.2 Å². The number of carbonyl (C=O) groups excluding carboxylic acids is 1. The minimum atomic E-state index is -0.684. The summed E-state index contributed by atoms with van der Waals surface area (Å²) in [6, 6.07) is 11.9. The lowest BCUT2D eigenvalue weighted by molar-refractivity contribution is -0.439. The maximum atomic E-state index is 14.0. The van der Waals surface area contributed by atoms with Gasteiger partial charge in [0.15, 0.2) is 5.71 Å². The third kappa shape index (κ3) is 5.44. The zero-order valence-corrected chi connectivity index (χ0v) is 28.6. The number of fused-ring (bicyclic) bond motifs is 2. The number of nitrogens with zero attached hydrogens (tertiary/aromatic N) is 3. The van der Waals surface area contributed by atoms with Gasteiger partial charge >= 0.3 is 0 Å². The zero-order chi connectivity index (χ0) is 33.0. The number of ether oxygens (including phenoxy) is 1. The van der Waals surface area contributed by atoms with Gasteiger partial charge in [-0.1, -0.05) is 45.4 Å². The van der Waals surface area contributed by atoms with Crippen LogP contribution in [0.3, 0.4) is 0 Å². The van der Waals surface area contributed by atoms with Gasteiger partial charge in [-0.15, -0.1) is 0 Å². The van der Waals surface area contributed by atoms with E-state index in [0.717, 1.165) is 36.5 Å². The van der Waals surface area contributed by atoms with Crippen molar-refractivity contribution < 1.29 is 19.0 Å². The van der Waals surface area contributed by atoms with Crippen LogP contribution in [0.5, 0.6) is 0 Å². The highest BCUT2D eigenvalue weighted by Gasteiger charge is 2.49. The van der Waals surface area contributed by atoms with Gasteiger partial charge in [0.25, 0.3) is 5.69 Å². The number of Topliss-reactive ketones (excluding diaryl/α,β-unsaturated/α-hetero) is 1. The average Bonchev–Trinajstić information content (AvgIpc) is 3.31. The van der Waals surface area contributed by atoms with Gasteiger partial charge in [-0.3, -0.25) is 14.9 Å². The first-order valence-corrected chi connectivity index (χ1v) is 16.2. The molecule has 7 heteroatoms. The molecule has 0 saturated heterocycles. The van der Waals surface area contributed by atoms with Gasteiger partial charge in [0, 0.05) is 47.8 Å². The lowest BCUT2D eigenvalue weighted by Gasteiger charge is -2.30. The molecule has 0 spiro atoms.